The quantitative estimate of drug-likeness (QED) is 0.646. The number of methoxy groups -OCH3 is 1. The molecule has 0 aromatic rings. The van der Waals surface area contributed by atoms with Crippen LogP contribution in [0.1, 0.15) is 20.3 Å². The van der Waals surface area contributed by atoms with Gasteiger partial charge in [0, 0.05) is 13.0 Å². The fourth-order valence-electron chi connectivity index (χ4n) is 1.86. The van der Waals surface area contributed by atoms with E-state index in [2.05, 4.69) is 0 Å². The minimum atomic E-state index is -0.855. The van der Waals surface area contributed by atoms with Crippen molar-refractivity contribution in [2.24, 2.45) is 11.7 Å². The molecule has 3 N–H and O–H groups in total. The Kier molecular flexibility index (Phi) is 3.67. The molecule has 1 fully saturated rings. The maximum atomic E-state index is 9.46. The number of aliphatic hydroxyl groups is 1. The Bertz CT molecular complexity index is 163. The second-order valence-electron chi connectivity index (χ2n) is 3.61. The highest BCUT2D eigenvalue weighted by Gasteiger charge is 2.40. The average Bonchev–Trinajstić information content (AvgIpc) is 2.13. The van der Waals surface area contributed by atoms with Crippen molar-refractivity contribution in [3.8, 4) is 0 Å². The van der Waals surface area contributed by atoms with Crippen molar-refractivity contribution in [2.45, 2.75) is 44.8 Å². The molecule has 0 saturated carbocycles. The first-order valence-corrected chi connectivity index (χ1v) is 4.73. The van der Waals surface area contributed by atoms with Crippen LogP contribution in [-0.4, -0.2) is 36.8 Å². The minimum Gasteiger partial charge on any atom is -0.378 e. The van der Waals surface area contributed by atoms with Crippen LogP contribution in [0.5, 0.6) is 0 Å². The Morgan fingerprint density at radius 1 is 1.54 bits per heavy atom. The molecular formula is C9H19NO3. The number of rotatable bonds is 2. The Hall–Kier alpha value is -0.160. The van der Waals surface area contributed by atoms with Crippen molar-refractivity contribution < 1.29 is 14.6 Å². The number of hydrogen-bond donors (Lipinski definition) is 2. The molecule has 5 unspecified atom stereocenters. The second-order valence-corrected chi connectivity index (χ2v) is 3.61. The van der Waals surface area contributed by atoms with Crippen LogP contribution in [0.25, 0.3) is 0 Å². The second kappa shape index (κ2) is 4.37. The minimum absolute atomic E-state index is 0.0107. The summed E-state index contributed by atoms with van der Waals surface area (Å²) in [4.78, 5) is 0. The van der Waals surface area contributed by atoms with E-state index in [1.54, 1.807) is 7.11 Å². The zero-order valence-electron chi connectivity index (χ0n) is 8.43. The number of nitrogens with two attached hydrogens (primary N) is 1. The molecule has 1 aliphatic rings. The van der Waals surface area contributed by atoms with Gasteiger partial charge in [0.2, 0.25) is 0 Å². The van der Waals surface area contributed by atoms with Crippen LogP contribution < -0.4 is 5.73 Å². The van der Waals surface area contributed by atoms with E-state index < -0.39 is 6.29 Å². The van der Waals surface area contributed by atoms with Crippen molar-refractivity contribution in [1.29, 1.82) is 0 Å². The zero-order valence-corrected chi connectivity index (χ0v) is 8.43. The summed E-state index contributed by atoms with van der Waals surface area (Å²) in [6.07, 6.45) is -0.0864. The Morgan fingerprint density at radius 3 is 2.62 bits per heavy atom. The summed E-state index contributed by atoms with van der Waals surface area (Å²) in [7, 11) is 1.65. The molecule has 4 heteroatoms. The van der Waals surface area contributed by atoms with E-state index in [1.807, 2.05) is 13.8 Å². The van der Waals surface area contributed by atoms with Crippen LogP contribution in [0, 0.1) is 5.92 Å². The first-order chi connectivity index (χ1) is 6.11. The SMILES string of the molecule is CCC1OC(O)C(N)C(C)C1OC. The molecule has 0 aromatic carbocycles. The molecule has 1 rings (SSSR count). The summed E-state index contributed by atoms with van der Waals surface area (Å²) >= 11 is 0. The van der Waals surface area contributed by atoms with Crippen molar-refractivity contribution in [3.05, 3.63) is 0 Å². The molecule has 0 aliphatic carbocycles. The van der Waals surface area contributed by atoms with Crippen molar-refractivity contribution in [3.63, 3.8) is 0 Å². The lowest BCUT2D eigenvalue weighted by Crippen LogP contribution is -2.57. The molecule has 0 amide bonds. The van der Waals surface area contributed by atoms with Crippen LogP contribution in [0.2, 0.25) is 0 Å². The summed E-state index contributed by atoms with van der Waals surface area (Å²) in [6, 6.07) is -0.354. The average molecular weight is 189 g/mol. The highest BCUT2D eigenvalue weighted by molar-refractivity contribution is 4.88. The molecule has 5 atom stereocenters. The molecule has 0 spiro atoms. The van der Waals surface area contributed by atoms with E-state index >= 15 is 0 Å². The standard InChI is InChI=1S/C9H19NO3/c1-4-6-8(12-3)5(2)7(10)9(11)13-6/h5-9,11H,4,10H2,1-3H3. The van der Waals surface area contributed by atoms with E-state index in [1.165, 1.54) is 0 Å². The largest absolute Gasteiger partial charge is 0.378 e. The third-order valence-electron chi connectivity index (χ3n) is 2.81. The normalized spacial score (nSPS) is 46.4. The van der Waals surface area contributed by atoms with E-state index in [4.69, 9.17) is 15.2 Å². The summed E-state index contributed by atoms with van der Waals surface area (Å²) in [5.41, 5.74) is 5.75. The number of ether oxygens (including phenoxy) is 2. The Balaban J connectivity index is 2.69. The van der Waals surface area contributed by atoms with Crippen LogP contribution in [-0.2, 0) is 9.47 Å². The molecule has 1 aliphatic heterocycles. The van der Waals surface area contributed by atoms with Gasteiger partial charge in [-0.3, -0.25) is 0 Å². The zero-order chi connectivity index (χ0) is 10.0. The Morgan fingerprint density at radius 2 is 2.15 bits per heavy atom. The van der Waals surface area contributed by atoms with Gasteiger partial charge in [0.15, 0.2) is 6.29 Å². The monoisotopic (exact) mass is 189 g/mol. The van der Waals surface area contributed by atoms with Gasteiger partial charge in [-0.1, -0.05) is 13.8 Å². The van der Waals surface area contributed by atoms with E-state index in [0.29, 0.717) is 0 Å². The molecule has 1 saturated heterocycles. The molecule has 0 aromatic heterocycles. The summed E-state index contributed by atoms with van der Waals surface area (Å²) in [5.74, 6) is 0.124. The van der Waals surface area contributed by atoms with Crippen LogP contribution in [0.15, 0.2) is 0 Å². The molecule has 4 nitrogen and oxygen atoms in total. The van der Waals surface area contributed by atoms with Gasteiger partial charge in [0.25, 0.3) is 0 Å². The summed E-state index contributed by atoms with van der Waals surface area (Å²) in [5, 5.41) is 9.46. The number of aliphatic hydroxyl groups excluding tert-OH is 1. The lowest BCUT2D eigenvalue weighted by Gasteiger charge is -2.41. The van der Waals surface area contributed by atoms with E-state index in [9.17, 15) is 5.11 Å². The molecule has 1 heterocycles. The van der Waals surface area contributed by atoms with E-state index in [-0.39, 0.29) is 24.2 Å². The highest BCUT2D eigenvalue weighted by atomic mass is 16.6. The molecule has 0 bridgehead atoms. The Labute approximate surface area is 79.0 Å². The predicted molar refractivity (Wildman–Crippen MR) is 49.1 cm³/mol. The highest BCUT2D eigenvalue weighted by Crippen LogP contribution is 2.26. The fourth-order valence-corrected chi connectivity index (χ4v) is 1.86. The van der Waals surface area contributed by atoms with Gasteiger partial charge in [-0.25, -0.2) is 0 Å². The summed E-state index contributed by atoms with van der Waals surface area (Å²) in [6.45, 7) is 3.99. The van der Waals surface area contributed by atoms with Crippen molar-refractivity contribution >= 4 is 0 Å². The van der Waals surface area contributed by atoms with Gasteiger partial charge in [0.05, 0.1) is 18.2 Å². The predicted octanol–water partition coefficient (Wildman–Crippen LogP) is 0.0920. The molecule has 13 heavy (non-hydrogen) atoms. The van der Waals surface area contributed by atoms with Gasteiger partial charge < -0.3 is 20.3 Å². The summed E-state index contributed by atoms with van der Waals surface area (Å²) < 4.78 is 10.6. The van der Waals surface area contributed by atoms with Crippen molar-refractivity contribution in [2.75, 3.05) is 7.11 Å². The maximum absolute atomic E-state index is 9.46. The first kappa shape index (κ1) is 10.9. The molecule has 78 valence electrons. The van der Waals surface area contributed by atoms with Crippen LogP contribution >= 0.6 is 0 Å². The molecule has 0 radical (unpaired) electrons. The van der Waals surface area contributed by atoms with Crippen LogP contribution in [0.4, 0.5) is 0 Å². The third-order valence-corrected chi connectivity index (χ3v) is 2.81. The lowest BCUT2D eigenvalue weighted by atomic mass is 9.88. The van der Waals surface area contributed by atoms with Gasteiger partial charge in [-0.2, -0.15) is 0 Å². The third kappa shape index (κ3) is 2.02. The van der Waals surface area contributed by atoms with Gasteiger partial charge in [-0.15, -0.1) is 0 Å². The fraction of sp³-hybridized carbons (Fsp3) is 1.00. The lowest BCUT2D eigenvalue weighted by molar-refractivity contribution is -0.231. The molecular weight excluding hydrogens is 170 g/mol. The smallest absolute Gasteiger partial charge is 0.170 e. The van der Waals surface area contributed by atoms with E-state index in [0.717, 1.165) is 6.42 Å². The first-order valence-electron chi connectivity index (χ1n) is 4.73. The van der Waals surface area contributed by atoms with Gasteiger partial charge in [-0.05, 0) is 6.42 Å². The van der Waals surface area contributed by atoms with Crippen molar-refractivity contribution in [1.82, 2.24) is 0 Å². The van der Waals surface area contributed by atoms with Gasteiger partial charge in [0.1, 0.15) is 0 Å². The number of hydrogen-bond acceptors (Lipinski definition) is 4. The maximum Gasteiger partial charge on any atom is 0.170 e. The van der Waals surface area contributed by atoms with Gasteiger partial charge >= 0.3 is 0 Å². The topological polar surface area (TPSA) is 64.7 Å². The van der Waals surface area contributed by atoms with Crippen LogP contribution in [0.3, 0.4) is 0 Å².